The summed E-state index contributed by atoms with van der Waals surface area (Å²) in [4.78, 5) is 10.7. The largest absolute Gasteiger partial charge is 0.378 e. The number of anilines is 1. The number of hydrogen-bond donors (Lipinski definition) is 0. The highest BCUT2D eigenvalue weighted by molar-refractivity contribution is 5.85. The number of nitrogens with zero attached hydrogens (tertiary/aromatic N) is 6. The summed E-state index contributed by atoms with van der Waals surface area (Å²) in [7, 11) is 0. The van der Waals surface area contributed by atoms with E-state index in [4.69, 9.17) is 9.72 Å². The number of rotatable bonds is 3. The molecule has 0 bridgehead atoms. The Balaban J connectivity index is 1.50. The van der Waals surface area contributed by atoms with E-state index < -0.39 is 5.95 Å². The third kappa shape index (κ3) is 3.21. The van der Waals surface area contributed by atoms with E-state index >= 15 is 0 Å². The van der Waals surface area contributed by atoms with E-state index in [9.17, 15) is 4.39 Å². The van der Waals surface area contributed by atoms with E-state index in [1.807, 2.05) is 31.2 Å². The first kappa shape index (κ1) is 17.7. The van der Waals surface area contributed by atoms with Gasteiger partial charge in [0.15, 0.2) is 0 Å². The fraction of sp³-hybridized carbons (Fsp3) is 0.238. The summed E-state index contributed by atoms with van der Waals surface area (Å²) in [5.74, 6) is 0.383. The van der Waals surface area contributed by atoms with Crippen molar-refractivity contribution in [2.75, 3.05) is 31.2 Å². The van der Waals surface area contributed by atoms with Gasteiger partial charge in [0, 0.05) is 30.2 Å². The average molecular weight is 390 g/mol. The molecule has 4 heterocycles. The SMILES string of the molecule is Cc1c(-c2ccc3nc(N4CCOCC4)ccc3c2)nnn1-c1cccnc1F. The van der Waals surface area contributed by atoms with Gasteiger partial charge in [-0.15, -0.1) is 5.10 Å². The molecule has 0 amide bonds. The van der Waals surface area contributed by atoms with Crippen molar-refractivity contribution in [3.05, 3.63) is 60.3 Å². The molecule has 1 aromatic carbocycles. The highest BCUT2D eigenvalue weighted by Crippen LogP contribution is 2.27. The minimum Gasteiger partial charge on any atom is -0.378 e. The maximum absolute atomic E-state index is 14.0. The van der Waals surface area contributed by atoms with Crippen LogP contribution in [0.5, 0.6) is 0 Å². The second-order valence-corrected chi connectivity index (χ2v) is 6.92. The van der Waals surface area contributed by atoms with Gasteiger partial charge in [-0.3, -0.25) is 0 Å². The molecule has 0 atom stereocenters. The highest BCUT2D eigenvalue weighted by atomic mass is 19.1. The molecule has 1 saturated heterocycles. The number of morpholine rings is 1. The molecular formula is C21H19FN6O. The monoisotopic (exact) mass is 390 g/mol. The fourth-order valence-electron chi connectivity index (χ4n) is 3.59. The molecule has 146 valence electrons. The molecule has 4 aromatic rings. The Morgan fingerprint density at radius 3 is 2.76 bits per heavy atom. The highest BCUT2D eigenvalue weighted by Gasteiger charge is 2.16. The van der Waals surface area contributed by atoms with Crippen LogP contribution in [0.1, 0.15) is 5.69 Å². The van der Waals surface area contributed by atoms with Crippen LogP contribution in [0.2, 0.25) is 0 Å². The summed E-state index contributed by atoms with van der Waals surface area (Å²) in [5, 5.41) is 9.42. The number of pyridine rings is 2. The molecule has 0 aliphatic carbocycles. The van der Waals surface area contributed by atoms with Gasteiger partial charge < -0.3 is 9.64 Å². The van der Waals surface area contributed by atoms with E-state index in [1.54, 1.807) is 12.1 Å². The standard InChI is InChI=1S/C21H19FN6O/c1-14-20(25-26-28(14)18-3-2-8-23-21(18)22)16-4-6-17-15(13-16)5-7-19(24-17)27-9-11-29-12-10-27/h2-8,13H,9-12H2,1H3. The molecule has 0 N–H and O–H groups in total. The van der Waals surface area contributed by atoms with Crippen molar-refractivity contribution in [2.24, 2.45) is 0 Å². The van der Waals surface area contributed by atoms with Crippen LogP contribution in [0, 0.1) is 12.9 Å². The number of fused-ring (bicyclic) bond motifs is 1. The van der Waals surface area contributed by atoms with Gasteiger partial charge in [-0.1, -0.05) is 11.3 Å². The van der Waals surface area contributed by atoms with E-state index in [-0.39, 0.29) is 5.69 Å². The lowest BCUT2D eigenvalue weighted by atomic mass is 10.1. The Hall–Kier alpha value is -3.39. The number of halogens is 1. The van der Waals surface area contributed by atoms with Gasteiger partial charge in [0.2, 0.25) is 5.95 Å². The quantitative estimate of drug-likeness (QED) is 0.501. The Labute approximate surface area is 166 Å². The Morgan fingerprint density at radius 2 is 1.93 bits per heavy atom. The number of ether oxygens (including phenoxy) is 1. The van der Waals surface area contributed by atoms with Gasteiger partial charge in [-0.2, -0.15) is 4.39 Å². The summed E-state index contributed by atoms with van der Waals surface area (Å²) >= 11 is 0. The van der Waals surface area contributed by atoms with E-state index in [0.717, 1.165) is 54.3 Å². The van der Waals surface area contributed by atoms with E-state index in [1.165, 1.54) is 10.9 Å². The Bertz CT molecular complexity index is 1180. The summed E-state index contributed by atoms with van der Waals surface area (Å²) in [6, 6.07) is 13.4. The smallest absolute Gasteiger partial charge is 0.238 e. The molecule has 0 saturated carbocycles. The summed E-state index contributed by atoms with van der Waals surface area (Å²) in [6.45, 7) is 5.02. The van der Waals surface area contributed by atoms with Crippen molar-refractivity contribution in [1.29, 1.82) is 0 Å². The molecule has 8 heteroatoms. The molecule has 1 fully saturated rings. The van der Waals surface area contributed by atoms with E-state index in [0.29, 0.717) is 5.69 Å². The van der Waals surface area contributed by atoms with Gasteiger partial charge in [0.25, 0.3) is 0 Å². The van der Waals surface area contributed by atoms with Crippen LogP contribution in [0.4, 0.5) is 10.2 Å². The second kappa shape index (κ2) is 7.21. The van der Waals surface area contributed by atoms with Crippen molar-refractivity contribution in [1.82, 2.24) is 25.0 Å². The lowest BCUT2D eigenvalue weighted by Crippen LogP contribution is -2.36. The Kier molecular flexibility index (Phi) is 4.40. The molecule has 3 aromatic heterocycles. The van der Waals surface area contributed by atoms with Gasteiger partial charge in [0.05, 0.1) is 24.4 Å². The van der Waals surface area contributed by atoms with Crippen LogP contribution >= 0.6 is 0 Å². The van der Waals surface area contributed by atoms with Crippen molar-refractivity contribution in [3.63, 3.8) is 0 Å². The summed E-state index contributed by atoms with van der Waals surface area (Å²) in [6.07, 6.45) is 1.41. The summed E-state index contributed by atoms with van der Waals surface area (Å²) in [5.41, 5.74) is 3.55. The molecule has 0 spiro atoms. The third-order valence-corrected chi connectivity index (χ3v) is 5.15. The lowest BCUT2D eigenvalue weighted by Gasteiger charge is -2.27. The van der Waals surface area contributed by atoms with Crippen LogP contribution < -0.4 is 4.90 Å². The topological polar surface area (TPSA) is 69.0 Å². The number of aromatic nitrogens is 5. The van der Waals surface area contributed by atoms with Crippen molar-refractivity contribution >= 4 is 16.7 Å². The van der Waals surface area contributed by atoms with Crippen LogP contribution in [0.3, 0.4) is 0 Å². The van der Waals surface area contributed by atoms with Crippen LogP contribution in [-0.4, -0.2) is 51.3 Å². The third-order valence-electron chi connectivity index (χ3n) is 5.15. The van der Waals surface area contributed by atoms with Crippen LogP contribution in [-0.2, 0) is 4.74 Å². The number of hydrogen-bond acceptors (Lipinski definition) is 6. The predicted molar refractivity (Wildman–Crippen MR) is 108 cm³/mol. The zero-order valence-electron chi connectivity index (χ0n) is 15.9. The van der Waals surface area contributed by atoms with Crippen molar-refractivity contribution in [2.45, 2.75) is 6.92 Å². The predicted octanol–water partition coefficient (Wildman–Crippen LogP) is 3.16. The molecular weight excluding hydrogens is 371 g/mol. The number of benzene rings is 1. The summed E-state index contributed by atoms with van der Waals surface area (Å²) < 4.78 is 20.9. The first-order valence-electron chi connectivity index (χ1n) is 9.48. The molecule has 5 rings (SSSR count). The van der Waals surface area contributed by atoms with E-state index in [2.05, 4.69) is 26.3 Å². The van der Waals surface area contributed by atoms with Gasteiger partial charge >= 0.3 is 0 Å². The van der Waals surface area contributed by atoms with Crippen LogP contribution in [0.25, 0.3) is 27.8 Å². The second-order valence-electron chi connectivity index (χ2n) is 6.92. The van der Waals surface area contributed by atoms with Crippen molar-refractivity contribution < 1.29 is 9.13 Å². The van der Waals surface area contributed by atoms with Crippen molar-refractivity contribution in [3.8, 4) is 16.9 Å². The molecule has 29 heavy (non-hydrogen) atoms. The lowest BCUT2D eigenvalue weighted by molar-refractivity contribution is 0.122. The fourth-order valence-corrected chi connectivity index (χ4v) is 3.59. The van der Waals surface area contributed by atoms with Crippen LogP contribution in [0.15, 0.2) is 48.7 Å². The minimum atomic E-state index is -0.578. The van der Waals surface area contributed by atoms with Gasteiger partial charge in [-0.25, -0.2) is 14.6 Å². The average Bonchev–Trinajstić information content (AvgIpc) is 3.15. The minimum absolute atomic E-state index is 0.279. The zero-order chi connectivity index (χ0) is 19.8. The van der Waals surface area contributed by atoms with Gasteiger partial charge in [-0.05, 0) is 43.3 Å². The maximum Gasteiger partial charge on any atom is 0.238 e. The molecule has 0 radical (unpaired) electrons. The molecule has 1 aliphatic heterocycles. The normalized spacial score (nSPS) is 14.5. The van der Waals surface area contributed by atoms with Gasteiger partial charge in [0.1, 0.15) is 17.2 Å². The molecule has 7 nitrogen and oxygen atoms in total. The Morgan fingerprint density at radius 1 is 1.07 bits per heavy atom. The zero-order valence-corrected chi connectivity index (χ0v) is 15.9. The first-order chi connectivity index (χ1) is 14.2. The molecule has 0 unspecified atom stereocenters. The molecule has 1 aliphatic rings. The maximum atomic E-state index is 14.0. The first-order valence-corrected chi connectivity index (χ1v) is 9.48.